The summed E-state index contributed by atoms with van der Waals surface area (Å²) in [5.74, 6) is -0.588. The van der Waals surface area contributed by atoms with Crippen molar-refractivity contribution in [2.24, 2.45) is 0 Å². The van der Waals surface area contributed by atoms with E-state index < -0.39 is 6.04 Å². The van der Waals surface area contributed by atoms with E-state index in [2.05, 4.69) is 0 Å². The first-order valence-corrected chi connectivity index (χ1v) is 6.71. The van der Waals surface area contributed by atoms with Gasteiger partial charge in [-0.25, -0.2) is 0 Å². The quantitative estimate of drug-likeness (QED) is 0.574. The number of benzene rings is 1. The molecule has 1 unspecified atom stereocenters. The fraction of sp³-hybridized carbons (Fsp3) is 0.467. The molecule has 1 aliphatic heterocycles. The Kier molecular flexibility index (Phi) is 4.74. The van der Waals surface area contributed by atoms with Gasteiger partial charge in [0, 0.05) is 6.54 Å². The number of esters is 2. The molecule has 20 heavy (non-hydrogen) atoms. The van der Waals surface area contributed by atoms with Crippen LogP contribution < -0.4 is 0 Å². The van der Waals surface area contributed by atoms with Gasteiger partial charge in [-0.3, -0.25) is 14.5 Å². The van der Waals surface area contributed by atoms with E-state index in [1.807, 2.05) is 35.2 Å². The van der Waals surface area contributed by atoms with Gasteiger partial charge >= 0.3 is 11.9 Å². The van der Waals surface area contributed by atoms with Crippen LogP contribution in [0.2, 0.25) is 0 Å². The van der Waals surface area contributed by atoms with Gasteiger partial charge in [-0.1, -0.05) is 30.3 Å². The first-order valence-electron chi connectivity index (χ1n) is 6.71. The summed E-state index contributed by atoms with van der Waals surface area (Å²) in [6, 6.07) is 8.96. The number of methoxy groups -OCH3 is 1. The van der Waals surface area contributed by atoms with Gasteiger partial charge in [0.2, 0.25) is 0 Å². The molecular weight excluding hydrogens is 258 g/mol. The monoisotopic (exact) mass is 277 g/mol. The molecule has 5 nitrogen and oxygen atoms in total. The van der Waals surface area contributed by atoms with Crippen molar-refractivity contribution in [2.45, 2.75) is 25.4 Å². The molecule has 0 bridgehead atoms. The van der Waals surface area contributed by atoms with Gasteiger partial charge in [-0.15, -0.1) is 0 Å². The number of ether oxygens (including phenoxy) is 2. The zero-order valence-corrected chi connectivity index (χ0v) is 11.7. The Hall–Kier alpha value is -1.88. The molecule has 5 heteroatoms. The van der Waals surface area contributed by atoms with Gasteiger partial charge in [-0.05, 0) is 18.9 Å². The largest absolute Gasteiger partial charge is 0.468 e. The standard InChI is InChI=1S/C15H19NO4/c1-3-20-15(18)12(9-11-7-5-4-6-8-11)16-10-13(16)14(17)19-2/h4-8,12-13H,3,9-10H2,1-2H3/t12-,13+,16?/m0/s1. The lowest BCUT2D eigenvalue weighted by atomic mass is 10.1. The molecule has 108 valence electrons. The van der Waals surface area contributed by atoms with Gasteiger partial charge in [0.1, 0.15) is 12.1 Å². The van der Waals surface area contributed by atoms with Crippen molar-refractivity contribution >= 4 is 11.9 Å². The van der Waals surface area contributed by atoms with Crippen LogP contribution in [0.25, 0.3) is 0 Å². The minimum Gasteiger partial charge on any atom is -0.468 e. The maximum absolute atomic E-state index is 12.1. The van der Waals surface area contributed by atoms with Crippen LogP contribution in [0.15, 0.2) is 30.3 Å². The van der Waals surface area contributed by atoms with E-state index in [9.17, 15) is 9.59 Å². The molecule has 1 aromatic carbocycles. The molecule has 0 amide bonds. The summed E-state index contributed by atoms with van der Waals surface area (Å²) in [4.78, 5) is 25.4. The number of hydrogen-bond donors (Lipinski definition) is 0. The number of rotatable bonds is 6. The lowest BCUT2D eigenvalue weighted by Crippen LogP contribution is -2.35. The minimum absolute atomic E-state index is 0.289. The summed E-state index contributed by atoms with van der Waals surface area (Å²) in [5.41, 5.74) is 1.04. The first-order chi connectivity index (χ1) is 9.67. The van der Waals surface area contributed by atoms with Crippen LogP contribution in [0, 0.1) is 0 Å². The SMILES string of the molecule is CCOC(=O)[C@H](Cc1ccccc1)N1C[C@@H]1C(=O)OC. The predicted molar refractivity (Wildman–Crippen MR) is 73.1 cm³/mol. The van der Waals surface area contributed by atoms with Crippen molar-refractivity contribution in [1.29, 1.82) is 0 Å². The molecule has 0 spiro atoms. The number of carbonyl (C=O) groups is 2. The van der Waals surface area contributed by atoms with Crippen LogP contribution in [-0.4, -0.2) is 49.2 Å². The van der Waals surface area contributed by atoms with Crippen molar-refractivity contribution in [3.63, 3.8) is 0 Å². The Balaban J connectivity index is 2.06. The topological polar surface area (TPSA) is 55.6 Å². The second-order valence-corrected chi connectivity index (χ2v) is 4.69. The minimum atomic E-state index is -0.429. The van der Waals surface area contributed by atoms with Crippen molar-refractivity contribution in [3.8, 4) is 0 Å². The van der Waals surface area contributed by atoms with Crippen LogP contribution in [0.3, 0.4) is 0 Å². The number of hydrogen-bond acceptors (Lipinski definition) is 5. The molecule has 0 saturated carbocycles. The Morgan fingerprint density at radius 3 is 2.65 bits per heavy atom. The van der Waals surface area contributed by atoms with E-state index in [-0.39, 0.29) is 18.0 Å². The van der Waals surface area contributed by atoms with Gasteiger partial charge in [0.15, 0.2) is 0 Å². The zero-order chi connectivity index (χ0) is 14.5. The molecule has 1 aliphatic rings. The van der Waals surface area contributed by atoms with E-state index in [4.69, 9.17) is 9.47 Å². The highest BCUT2D eigenvalue weighted by Crippen LogP contribution is 2.25. The lowest BCUT2D eigenvalue weighted by molar-refractivity contribution is -0.148. The number of carbonyl (C=O) groups excluding carboxylic acids is 2. The van der Waals surface area contributed by atoms with E-state index in [0.29, 0.717) is 19.6 Å². The van der Waals surface area contributed by atoms with Crippen molar-refractivity contribution in [3.05, 3.63) is 35.9 Å². The van der Waals surface area contributed by atoms with Gasteiger partial charge in [0.05, 0.1) is 13.7 Å². The van der Waals surface area contributed by atoms with E-state index in [0.717, 1.165) is 5.56 Å². The highest BCUT2D eigenvalue weighted by Gasteiger charge is 2.48. The third-order valence-corrected chi connectivity index (χ3v) is 3.35. The molecular formula is C15H19NO4. The lowest BCUT2D eigenvalue weighted by Gasteiger charge is -2.17. The van der Waals surface area contributed by atoms with Crippen molar-refractivity contribution < 1.29 is 19.1 Å². The van der Waals surface area contributed by atoms with Crippen LogP contribution in [0.1, 0.15) is 12.5 Å². The summed E-state index contributed by atoms with van der Waals surface area (Å²) in [6.07, 6.45) is 0.535. The smallest absolute Gasteiger partial charge is 0.324 e. The molecule has 0 N–H and O–H groups in total. The predicted octanol–water partition coefficient (Wildman–Crippen LogP) is 1.02. The van der Waals surface area contributed by atoms with Crippen molar-refractivity contribution in [1.82, 2.24) is 4.90 Å². The van der Waals surface area contributed by atoms with Crippen molar-refractivity contribution in [2.75, 3.05) is 20.3 Å². The highest BCUT2D eigenvalue weighted by molar-refractivity contribution is 5.83. The molecule has 0 radical (unpaired) electrons. The second-order valence-electron chi connectivity index (χ2n) is 4.69. The Labute approximate surface area is 118 Å². The third kappa shape index (κ3) is 3.36. The van der Waals surface area contributed by atoms with Crippen LogP contribution >= 0.6 is 0 Å². The van der Waals surface area contributed by atoms with Gasteiger partial charge in [0.25, 0.3) is 0 Å². The first kappa shape index (κ1) is 14.5. The maximum Gasteiger partial charge on any atom is 0.324 e. The Morgan fingerprint density at radius 1 is 1.35 bits per heavy atom. The average molecular weight is 277 g/mol. The van der Waals surface area contributed by atoms with Crippen LogP contribution in [-0.2, 0) is 25.5 Å². The summed E-state index contributed by atoms with van der Waals surface area (Å²) in [6.45, 7) is 2.65. The number of nitrogens with zero attached hydrogens (tertiary/aromatic N) is 1. The molecule has 1 fully saturated rings. The van der Waals surface area contributed by atoms with E-state index >= 15 is 0 Å². The molecule has 3 atom stereocenters. The Bertz CT molecular complexity index is 474. The third-order valence-electron chi connectivity index (χ3n) is 3.35. The summed E-state index contributed by atoms with van der Waals surface area (Å²) < 4.78 is 9.82. The molecule has 1 saturated heterocycles. The normalized spacial score (nSPS) is 21.9. The van der Waals surface area contributed by atoms with Crippen LogP contribution in [0.4, 0.5) is 0 Å². The summed E-state index contributed by atoms with van der Waals surface area (Å²) in [5, 5.41) is 0. The fourth-order valence-electron chi connectivity index (χ4n) is 2.25. The van der Waals surface area contributed by atoms with E-state index in [1.165, 1.54) is 7.11 Å². The van der Waals surface area contributed by atoms with E-state index in [1.54, 1.807) is 6.92 Å². The maximum atomic E-state index is 12.1. The molecule has 0 aromatic heterocycles. The molecule has 1 heterocycles. The van der Waals surface area contributed by atoms with Crippen LogP contribution in [0.5, 0.6) is 0 Å². The summed E-state index contributed by atoms with van der Waals surface area (Å²) in [7, 11) is 1.36. The fourth-order valence-corrected chi connectivity index (χ4v) is 2.25. The molecule has 2 rings (SSSR count). The van der Waals surface area contributed by atoms with Gasteiger partial charge < -0.3 is 9.47 Å². The zero-order valence-electron chi connectivity index (χ0n) is 11.7. The molecule has 1 aromatic rings. The summed E-state index contributed by atoms with van der Waals surface area (Å²) >= 11 is 0. The van der Waals surface area contributed by atoms with Gasteiger partial charge in [-0.2, -0.15) is 0 Å². The average Bonchev–Trinajstić information content (AvgIpc) is 3.25. The second kappa shape index (κ2) is 6.52. The Morgan fingerprint density at radius 2 is 2.05 bits per heavy atom. The highest BCUT2D eigenvalue weighted by atomic mass is 16.5. The molecule has 0 aliphatic carbocycles.